The Labute approximate surface area is 105 Å². The number of nitrogens with one attached hydrogen (secondary N) is 1. The lowest BCUT2D eigenvalue weighted by Crippen LogP contribution is -2.12. The maximum absolute atomic E-state index is 12.0. The summed E-state index contributed by atoms with van der Waals surface area (Å²) in [5, 5.41) is 0. The molecule has 18 heavy (non-hydrogen) atoms. The van der Waals surface area contributed by atoms with E-state index >= 15 is 0 Å². The molecule has 2 aromatic carbocycles. The summed E-state index contributed by atoms with van der Waals surface area (Å²) in [7, 11) is -3.57. The van der Waals surface area contributed by atoms with Crippen LogP contribution in [0.25, 0.3) is 0 Å². The van der Waals surface area contributed by atoms with Crippen LogP contribution in [0.3, 0.4) is 0 Å². The topological polar surface area (TPSA) is 63.2 Å². The fourth-order valence-electron chi connectivity index (χ4n) is 1.44. The number of aldehydes is 1. The van der Waals surface area contributed by atoms with Crippen molar-refractivity contribution in [2.24, 2.45) is 0 Å². The second-order valence-electron chi connectivity index (χ2n) is 3.66. The smallest absolute Gasteiger partial charge is 0.261 e. The summed E-state index contributed by atoms with van der Waals surface area (Å²) in [4.78, 5) is 10.7. The molecule has 4 nitrogen and oxygen atoms in total. The third kappa shape index (κ3) is 2.75. The highest BCUT2D eigenvalue weighted by atomic mass is 32.2. The predicted molar refractivity (Wildman–Crippen MR) is 69.1 cm³/mol. The molecule has 0 unspecified atom stereocenters. The molecule has 0 aliphatic carbocycles. The third-order valence-electron chi connectivity index (χ3n) is 2.35. The zero-order chi connectivity index (χ0) is 13.0. The van der Waals surface area contributed by atoms with E-state index in [1.54, 1.807) is 42.5 Å². The van der Waals surface area contributed by atoms with Crippen LogP contribution < -0.4 is 4.72 Å². The van der Waals surface area contributed by atoms with Crippen molar-refractivity contribution in [1.29, 1.82) is 0 Å². The lowest BCUT2D eigenvalue weighted by molar-refractivity contribution is 0.112. The van der Waals surface area contributed by atoms with Crippen LogP contribution in [0, 0.1) is 0 Å². The summed E-state index contributed by atoms with van der Waals surface area (Å²) >= 11 is 0. The second kappa shape index (κ2) is 5.01. The van der Waals surface area contributed by atoms with E-state index in [1.165, 1.54) is 12.1 Å². The third-order valence-corrected chi connectivity index (χ3v) is 3.75. The van der Waals surface area contributed by atoms with Gasteiger partial charge in [-0.05, 0) is 36.4 Å². The molecule has 0 saturated carbocycles. The number of sulfonamides is 1. The highest BCUT2D eigenvalue weighted by molar-refractivity contribution is 7.92. The quantitative estimate of drug-likeness (QED) is 0.859. The molecule has 0 aliphatic rings. The van der Waals surface area contributed by atoms with Crippen LogP contribution in [0.15, 0.2) is 59.5 Å². The summed E-state index contributed by atoms with van der Waals surface area (Å²) < 4.78 is 26.4. The molecule has 92 valence electrons. The first-order valence-corrected chi connectivity index (χ1v) is 6.73. The summed E-state index contributed by atoms with van der Waals surface area (Å²) in [5.41, 5.74) is 0.919. The number of carbonyl (C=O) groups is 1. The van der Waals surface area contributed by atoms with Crippen molar-refractivity contribution >= 4 is 22.0 Å². The average molecular weight is 261 g/mol. The van der Waals surface area contributed by atoms with Crippen molar-refractivity contribution in [2.45, 2.75) is 4.90 Å². The Balaban J connectivity index is 2.25. The van der Waals surface area contributed by atoms with Gasteiger partial charge in [-0.15, -0.1) is 0 Å². The standard InChI is InChI=1S/C13H11NO3S/c15-10-11-6-8-12(9-7-11)14-18(16,17)13-4-2-1-3-5-13/h1-10,14H. The minimum absolute atomic E-state index is 0.199. The van der Waals surface area contributed by atoms with E-state index < -0.39 is 10.0 Å². The number of hydrogen-bond donors (Lipinski definition) is 1. The van der Waals surface area contributed by atoms with E-state index in [-0.39, 0.29) is 4.90 Å². The zero-order valence-corrected chi connectivity index (χ0v) is 10.2. The predicted octanol–water partition coefficient (Wildman–Crippen LogP) is 2.30. The van der Waals surface area contributed by atoms with Gasteiger partial charge in [0.15, 0.2) is 0 Å². The molecule has 5 heteroatoms. The lowest BCUT2D eigenvalue weighted by Gasteiger charge is -2.07. The van der Waals surface area contributed by atoms with Crippen molar-refractivity contribution in [3.63, 3.8) is 0 Å². The summed E-state index contributed by atoms with van der Waals surface area (Å²) in [6, 6.07) is 14.3. The van der Waals surface area contributed by atoms with Crippen LogP contribution >= 0.6 is 0 Å². The van der Waals surface area contributed by atoms with Crippen LogP contribution in [-0.4, -0.2) is 14.7 Å². The Morgan fingerprint density at radius 2 is 1.50 bits per heavy atom. The highest BCUT2D eigenvalue weighted by Gasteiger charge is 2.12. The molecule has 0 aromatic heterocycles. The normalized spacial score (nSPS) is 10.9. The Kier molecular flexibility index (Phi) is 3.43. The lowest BCUT2D eigenvalue weighted by atomic mass is 10.2. The first kappa shape index (κ1) is 12.3. The van der Waals surface area contributed by atoms with Gasteiger partial charge in [-0.25, -0.2) is 8.42 Å². The molecule has 0 bridgehead atoms. The van der Waals surface area contributed by atoms with Gasteiger partial charge < -0.3 is 0 Å². The number of carbonyl (C=O) groups excluding carboxylic acids is 1. The molecule has 0 saturated heterocycles. The van der Waals surface area contributed by atoms with Gasteiger partial charge in [0.1, 0.15) is 6.29 Å². The van der Waals surface area contributed by atoms with Gasteiger partial charge >= 0.3 is 0 Å². The minimum atomic E-state index is -3.57. The van der Waals surface area contributed by atoms with E-state index in [4.69, 9.17) is 0 Å². The van der Waals surface area contributed by atoms with Crippen LogP contribution in [0.2, 0.25) is 0 Å². The molecule has 2 aromatic rings. The molecule has 0 amide bonds. The Morgan fingerprint density at radius 1 is 0.889 bits per heavy atom. The van der Waals surface area contributed by atoms with Gasteiger partial charge in [0, 0.05) is 11.3 Å². The first-order valence-electron chi connectivity index (χ1n) is 5.25. The van der Waals surface area contributed by atoms with Crippen LogP contribution in [-0.2, 0) is 10.0 Å². The zero-order valence-electron chi connectivity index (χ0n) is 9.41. The van der Waals surface area contributed by atoms with Crippen molar-refractivity contribution in [3.05, 3.63) is 60.2 Å². The molecule has 0 fully saturated rings. The molecule has 0 aliphatic heterocycles. The number of rotatable bonds is 4. The Bertz CT molecular complexity index is 634. The van der Waals surface area contributed by atoms with Crippen LogP contribution in [0.4, 0.5) is 5.69 Å². The molecule has 1 N–H and O–H groups in total. The molecular formula is C13H11NO3S. The summed E-state index contributed by atoms with van der Waals surface area (Å²) in [6.07, 6.45) is 0.704. The molecule has 0 spiro atoms. The van der Waals surface area contributed by atoms with E-state index in [9.17, 15) is 13.2 Å². The molecule has 2 rings (SSSR count). The maximum Gasteiger partial charge on any atom is 0.261 e. The van der Waals surface area contributed by atoms with Gasteiger partial charge in [-0.1, -0.05) is 18.2 Å². The number of hydrogen-bond acceptors (Lipinski definition) is 3. The fourth-order valence-corrected chi connectivity index (χ4v) is 2.52. The van der Waals surface area contributed by atoms with Crippen LogP contribution in [0.1, 0.15) is 10.4 Å². The summed E-state index contributed by atoms with van der Waals surface area (Å²) in [5.74, 6) is 0. The van der Waals surface area contributed by atoms with Crippen molar-refractivity contribution in [1.82, 2.24) is 0 Å². The van der Waals surface area contributed by atoms with E-state index in [0.717, 1.165) is 0 Å². The average Bonchev–Trinajstić information content (AvgIpc) is 2.40. The Hall–Kier alpha value is -2.14. The Morgan fingerprint density at radius 3 is 2.06 bits per heavy atom. The molecule has 0 heterocycles. The van der Waals surface area contributed by atoms with Crippen LogP contribution in [0.5, 0.6) is 0 Å². The summed E-state index contributed by atoms with van der Waals surface area (Å²) in [6.45, 7) is 0. The fraction of sp³-hybridized carbons (Fsp3) is 0. The van der Waals surface area contributed by atoms with Gasteiger partial charge in [0.2, 0.25) is 0 Å². The van der Waals surface area contributed by atoms with Gasteiger partial charge in [-0.2, -0.15) is 0 Å². The van der Waals surface area contributed by atoms with Gasteiger partial charge in [0.05, 0.1) is 4.90 Å². The molecule has 0 radical (unpaired) electrons. The van der Waals surface area contributed by atoms with Crippen molar-refractivity contribution in [3.8, 4) is 0 Å². The molecule has 0 atom stereocenters. The molecular weight excluding hydrogens is 250 g/mol. The largest absolute Gasteiger partial charge is 0.298 e. The van der Waals surface area contributed by atoms with Gasteiger partial charge in [0.25, 0.3) is 10.0 Å². The SMILES string of the molecule is O=Cc1ccc(NS(=O)(=O)c2ccccc2)cc1. The van der Waals surface area contributed by atoms with E-state index in [2.05, 4.69) is 4.72 Å². The second-order valence-corrected chi connectivity index (χ2v) is 5.34. The van der Waals surface area contributed by atoms with Crippen molar-refractivity contribution in [2.75, 3.05) is 4.72 Å². The first-order chi connectivity index (χ1) is 8.62. The van der Waals surface area contributed by atoms with Crippen molar-refractivity contribution < 1.29 is 13.2 Å². The number of anilines is 1. The van der Waals surface area contributed by atoms with Gasteiger partial charge in [-0.3, -0.25) is 9.52 Å². The highest BCUT2D eigenvalue weighted by Crippen LogP contribution is 2.15. The van der Waals surface area contributed by atoms with E-state index in [1.807, 2.05) is 0 Å². The number of benzene rings is 2. The monoisotopic (exact) mass is 261 g/mol. The van der Waals surface area contributed by atoms with E-state index in [0.29, 0.717) is 17.5 Å². The minimum Gasteiger partial charge on any atom is -0.298 e. The maximum atomic E-state index is 12.0.